The van der Waals surface area contributed by atoms with Gasteiger partial charge in [0.15, 0.2) is 0 Å². The summed E-state index contributed by atoms with van der Waals surface area (Å²) in [4.78, 5) is 13.6. The Bertz CT molecular complexity index is 1550. The summed E-state index contributed by atoms with van der Waals surface area (Å²) in [6.07, 6.45) is 0.785. The maximum absolute atomic E-state index is 13.6. The molecule has 0 heterocycles. The number of carbonyl (C=O) groups excluding carboxylic acids is 1. The van der Waals surface area contributed by atoms with Crippen molar-refractivity contribution >= 4 is 27.5 Å². The van der Waals surface area contributed by atoms with Gasteiger partial charge in [0.2, 0.25) is 0 Å². The zero-order valence-corrected chi connectivity index (χ0v) is 18.1. The lowest BCUT2D eigenvalue weighted by atomic mass is 9.58. The Morgan fingerprint density at radius 1 is 0.667 bits per heavy atom. The highest BCUT2D eigenvalue weighted by Gasteiger charge is 2.47. The Morgan fingerprint density at radius 2 is 1.33 bits per heavy atom. The first-order valence-electron chi connectivity index (χ1n) is 11.6. The molecule has 0 saturated heterocycles. The van der Waals surface area contributed by atoms with Crippen LogP contribution < -0.4 is 4.74 Å². The Kier molecular flexibility index (Phi) is 3.98. The van der Waals surface area contributed by atoms with Gasteiger partial charge in [0.05, 0.1) is 5.92 Å². The van der Waals surface area contributed by atoms with Crippen molar-refractivity contribution < 1.29 is 9.53 Å². The molecule has 3 aliphatic carbocycles. The van der Waals surface area contributed by atoms with Gasteiger partial charge in [0, 0.05) is 11.8 Å². The standard InChI is InChI=1S/C31H22O2/c32-31(33-22-11-2-1-3-12-22)28-18-26-24-15-14-19-8-6-7-13-23(19)29(24)30(28)27-17-21-10-5-4-9-20(21)16-25(26)27/h1-17,26,28,30H,18H2. The first-order valence-corrected chi connectivity index (χ1v) is 11.6. The van der Waals surface area contributed by atoms with Crippen molar-refractivity contribution in [2.24, 2.45) is 5.92 Å². The number of benzene rings is 5. The van der Waals surface area contributed by atoms with Crippen molar-refractivity contribution in [1.82, 2.24) is 0 Å². The second kappa shape index (κ2) is 7.05. The molecule has 0 spiro atoms. The molecule has 0 radical (unpaired) electrons. The van der Waals surface area contributed by atoms with Crippen molar-refractivity contribution in [3.63, 3.8) is 0 Å². The number of fused-ring (bicyclic) bond motifs is 3. The van der Waals surface area contributed by atoms with E-state index in [4.69, 9.17) is 4.74 Å². The lowest BCUT2D eigenvalue weighted by Gasteiger charge is -2.45. The van der Waals surface area contributed by atoms with E-state index in [1.807, 2.05) is 30.3 Å². The lowest BCUT2D eigenvalue weighted by molar-refractivity contribution is -0.140. The minimum absolute atomic E-state index is 0.00748. The van der Waals surface area contributed by atoms with Crippen molar-refractivity contribution in [2.45, 2.75) is 18.3 Å². The average molecular weight is 427 g/mol. The van der Waals surface area contributed by atoms with E-state index >= 15 is 0 Å². The van der Waals surface area contributed by atoms with Crippen LogP contribution in [-0.2, 0) is 4.79 Å². The van der Waals surface area contributed by atoms with Crippen LogP contribution in [0.15, 0.2) is 103 Å². The summed E-state index contributed by atoms with van der Waals surface area (Å²) in [6, 6.07) is 35.7. The summed E-state index contributed by atoms with van der Waals surface area (Å²) in [5.41, 5.74) is 5.32. The third kappa shape index (κ3) is 2.77. The number of hydrogen-bond acceptors (Lipinski definition) is 2. The molecule has 0 aromatic heterocycles. The molecule has 8 rings (SSSR count). The summed E-state index contributed by atoms with van der Waals surface area (Å²) in [6.45, 7) is 0. The van der Waals surface area contributed by atoms with Gasteiger partial charge in [0.1, 0.15) is 5.75 Å². The summed E-state index contributed by atoms with van der Waals surface area (Å²) >= 11 is 0. The number of carbonyl (C=O) groups is 1. The third-order valence-electron chi connectivity index (χ3n) is 7.51. The van der Waals surface area contributed by atoms with Crippen molar-refractivity contribution in [3.05, 3.63) is 125 Å². The molecular formula is C31H22O2. The summed E-state index contributed by atoms with van der Waals surface area (Å²) in [5, 5.41) is 4.96. The van der Waals surface area contributed by atoms with Gasteiger partial charge in [0.25, 0.3) is 0 Å². The van der Waals surface area contributed by atoms with Crippen LogP contribution in [0.1, 0.15) is 40.5 Å². The minimum atomic E-state index is -0.206. The lowest BCUT2D eigenvalue weighted by Crippen LogP contribution is -2.38. The van der Waals surface area contributed by atoms with Crippen molar-refractivity contribution in [2.75, 3.05) is 0 Å². The zero-order chi connectivity index (χ0) is 21.9. The SMILES string of the molecule is O=C(Oc1ccccc1)C1CC2c3cc4ccccc4cc3C1c1c2ccc2ccccc12. The van der Waals surface area contributed by atoms with Gasteiger partial charge < -0.3 is 4.74 Å². The van der Waals surface area contributed by atoms with Crippen LogP contribution in [0.25, 0.3) is 21.5 Å². The highest BCUT2D eigenvalue weighted by atomic mass is 16.5. The molecule has 5 aromatic rings. The second-order valence-electron chi connectivity index (χ2n) is 9.22. The van der Waals surface area contributed by atoms with E-state index in [2.05, 4.69) is 72.8 Å². The molecule has 0 fully saturated rings. The fraction of sp³-hybridized carbons (Fsp3) is 0.129. The number of para-hydroxylation sites is 1. The zero-order valence-electron chi connectivity index (χ0n) is 18.1. The van der Waals surface area contributed by atoms with E-state index in [0.29, 0.717) is 5.75 Å². The first-order chi connectivity index (χ1) is 16.3. The number of rotatable bonds is 2. The largest absolute Gasteiger partial charge is 0.426 e. The molecule has 0 aliphatic heterocycles. The summed E-state index contributed by atoms with van der Waals surface area (Å²) in [7, 11) is 0. The van der Waals surface area contributed by atoms with Crippen LogP contribution in [0.4, 0.5) is 0 Å². The maximum Gasteiger partial charge on any atom is 0.315 e. The van der Waals surface area contributed by atoms with Gasteiger partial charge in [-0.05, 0) is 62.4 Å². The van der Waals surface area contributed by atoms with Crippen molar-refractivity contribution in [3.8, 4) is 5.75 Å². The van der Waals surface area contributed by atoms with Crippen LogP contribution in [-0.4, -0.2) is 5.97 Å². The Balaban J connectivity index is 1.45. The highest BCUT2D eigenvalue weighted by molar-refractivity contribution is 5.93. The Morgan fingerprint density at radius 3 is 2.12 bits per heavy atom. The quantitative estimate of drug-likeness (QED) is 0.220. The number of hydrogen-bond donors (Lipinski definition) is 0. The number of esters is 1. The maximum atomic E-state index is 13.6. The normalized spacial score (nSPS) is 20.4. The van der Waals surface area contributed by atoms with E-state index in [0.717, 1.165) is 6.42 Å². The molecule has 33 heavy (non-hydrogen) atoms. The summed E-state index contributed by atoms with van der Waals surface area (Å²) < 4.78 is 5.90. The van der Waals surface area contributed by atoms with Crippen LogP contribution in [0, 0.1) is 5.92 Å². The molecule has 3 atom stereocenters. The van der Waals surface area contributed by atoms with Crippen LogP contribution in [0.3, 0.4) is 0 Å². The molecular weight excluding hydrogens is 404 g/mol. The van der Waals surface area contributed by atoms with Crippen molar-refractivity contribution in [1.29, 1.82) is 0 Å². The van der Waals surface area contributed by atoms with Gasteiger partial charge in [-0.1, -0.05) is 91.0 Å². The van der Waals surface area contributed by atoms with Gasteiger partial charge in [-0.15, -0.1) is 0 Å². The fourth-order valence-corrected chi connectivity index (χ4v) is 6.11. The fourth-order valence-electron chi connectivity index (χ4n) is 6.11. The van der Waals surface area contributed by atoms with Crippen LogP contribution in [0.2, 0.25) is 0 Å². The highest BCUT2D eigenvalue weighted by Crippen LogP contribution is 2.58. The molecule has 2 nitrogen and oxygen atoms in total. The van der Waals surface area contributed by atoms with Gasteiger partial charge in [-0.25, -0.2) is 0 Å². The van der Waals surface area contributed by atoms with Gasteiger partial charge in [-0.3, -0.25) is 4.79 Å². The predicted molar refractivity (Wildman–Crippen MR) is 132 cm³/mol. The van der Waals surface area contributed by atoms with E-state index < -0.39 is 0 Å². The van der Waals surface area contributed by atoms with Gasteiger partial charge >= 0.3 is 5.97 Å². The number of ether oxygens (including phenoxy) is 1. The third-order valence-corrected chi connectivity index (χ3v) is 7.51. The average Bonchev–Trinajstić information content (AvgIpc) is 2.87. The Labute approximate surface area is 192 Å². The van der Waals surface area contributed by atoms with Crippen LogP contribution >= 0.6 is 0 Å². The molecule has 3 unspecified atom stereocenters. The molecule has 0 N–H and O–H groups in total. The molecule has 0 saturated carbocycles. The van der Waals surface area contributed by atoms with E-state index in [1.54, 1.807) is 0 Å². The monoisotopic (exact) mass is 426 g/mol. The molecule has 2 heteroatoms. The van der Waals surface area contributed by atoms with Crippen LogP contribution in [0.5, 0.6) is 5.75 Å². The molecule has 0 amide bonds. The topological polar surface area (TPSA) is 26.3 Å². The summed E-state index contributed by atoms with van der Waals surface area (Å²) in [5.74, 6) is 0.464. The Hall–Kier alpha value is -3.91. The minimum Gasteiger partial charge on any atom is -0.426 e. The first kappa shape index (κ1) is 18.6. The van der Waals surface area contributed by atoms with E-state index in [9.17, 15) is 4.79 Å². The smallest absolute Gasteiger partial charge is 0.315 e. The second-order valence-corrected chi connectivity index (χ2v) is 9.22. The predicted octanol–water partition coefficient (Wildman–Crippen LogP) is 7.20. The molecule has 2 bridgehead atoms. The molecule has 158 valence electrons. The van der Waals surface area contributed by atoms with Gasteiger partial charge in [-0.2, -0.15) is 0 Å². The molecule has 3 aliphatic rings. The van der Waals surface area contributed by atoms with E-state index in [-0.39, 0.29) is 23.7 Å². The van der Waals surface area contributed by atoms with E-state index in [1.165, 1.54) is 43.8 Å². The molecule has 5 aromatic carbocycles.